The number of rotatable bonds is 8. The van der Waals surface area contributed by atoms with Crippen LogP contribution in [0.15, 0.2) is 18.2 Å². The number of hydrogen-bond acceptors (Lipinski definition) is 4. The molecule has 132 valence electrons. The Morgan fingerprint density at radius 3 is 2.83 bits per heavy atom. The Morgan fingerprint density at radius 1 is 1.21 bits per heavy atom. The van der Waals surface area contributed by atoms with E-state index in [2.05, 4.69) is 12.2 Å². The van der Waals surface area contributed by atoms with Crippen LogP contribution in [0.1, 0.15) is 69.4 Å². The van der Waals surface area contributed by atoms with Crippen molar-refractivity contribution >= 4 is 5.84 Å². The Hall–Kier alpha value is -1.59. The van der Waals surface area contributed by atoms with Gasteiger partial charge in [-0.05, 0) is 18.9 Å². The van der Waals surface area contributed by atoms with Gasteiger partial charge in [0.25, 0.3) is 0 Å². The Bertz CT molecular complexity index is 568. The van der Waals surface area contributed by atoms with E-state index in [4.69, 9.17) is 19.9 Å². The Morgan fingerprint density at radius 2 is 2.04 bits per heavy atom. The van der Waals surface area contributed by atoms with Crippen molar-refractivity contribution in [3.63, 3.8) is 0 Å². The average Bonchev–Trinajstić information content (AvgIpc) is 2.87. The van der Waals surface area contributed by atoms with Gasteiger partial charge in [0, 0.05) is 12.0 Å². The third kappa shape index (κ3) is 3.57. The first-order valence-electron chi connectivity index (χ1n) is 9.21. The van der Waals surface area contributed by atoms with Gasteiger partial charge in [-0.1, -0.05) is 51.2 Å². The standard InChI is InChI=1S/C19H28N2O3/c1-2-3-4-5-6-7-13-22-16-11-8-10-15-17(16)18(20)21-19(15)12-9-14-23-24-19/h8,10-11H,2-7,9,12-14H2,1H3,(H2,20,21). The minimum atomic E-state index is -0.718. The molecule has 0 aliphatic carbocycles. The van der Waals surface area contributed by atoms with Crippen LogP contribution in [0.25, 0.3) is 0 Å². The lowest BCUT2D eigenvalue weighted by molar-refractivity contribution is -0.393. The summed E-state index contributed by atoms with van der Waals surface area (Å²) in [6, 6.07) is 5.90. The normalized spacial score (nSPS) is 22.5. The van der Waals surface area contributed by atoms with Gasteiger partial charge in [0.2, 0.25) is 5.72 Å². The maximum Gasteiger partial charge on any atom is 0.200 e. The lowest BCUT2D eigenvalue weighted by Crippen LogP contribution is -2.44. The second-order valence-corrected chi connectivity index (χ2v) is 6.63. The van der Waals surface area contributed by atoms with Crippen LogP contribution in [0.2, 0.25) is 0 Å². The van der Waals surface area contributed by atoms with Gasteiger partial charge in [-0.3, -0.25) is 5.41 Å². The van der Waals surface area contributed by atoms with Crippen LogP contribution in [0.4, 0.5) is 0 Å². The fourth-order valence-electron chi connectivity index (χ4n) is 3.47. The van der Waals surface area contributed by atoms with Crippen molar-refractivity contribution in [2.75, 3.05) is 13.2 Å². The monoisotopic (exact) mass is 332 g/mol. The second kappa shape index (κ2) is 7.99. The van der Waals surface area contributed by atoms with Gasteiger partial charge in [-0.2, -0.15) is 0 Å². The minimum Gasteiger partial charge on any atom is -0.493 e. The van der Waals surface area contributed by atoms with Gasteiger partial charge in [0.05, 0.1) is 18.8 Å². The maximum atomic E-state index is 8.30. The van der Waals surface area contributed by atoms with E-state index in [9.17, 15) is 0 Å². The molecule has 1 fully saturated rings. The van der Waals surface area contributed by atoms with Crippen molar-refractivity contribution in [1.29, 1.82) is 5.41 Å². The molecular formula is C19H28N2O3. The fourth-order valence-corrected chi connectivity index (χ4v) is 3.47. The zero-order valence-corrected chi connectivity index (χ0v) is 14.5. The molecule has 1 aromatic rings. The van der Waals surface area contributed by atoms with Crippen LogP contribution < -0.4 is 10.1 Å². The molecule has 1 spiro atoms. The van der Waals surface area contributed by atoms with E-state index in [1.54, 1.807) is 0 Å². The molecule has 0 radical (unpaired) electrons. The molecule has 5 heteroatoms. The summed E-state index contributed by atoms with van der Waals surface area (Å²) in [6.45, 7) is 3.52. The Labute approximate surface area is 144 Å². The Kier molecular flexibility index (Phi) is 5.74. The van der Waals surface area contributed by atoms with Crippen molar-refractivity contribution in [2.24, 2.45) is 0 Å². The van der Waals surface area contributed by atoms with Gasteiger partial charge >= 0.3 is 0 Å². The Balaban J connectivity index is 1.61. The molecule has 5 nitrogen and oxygen atoms in total. The number of hydrogen-bond donors (Lipinski definition) is 2. The number of benzene rings is 1. The van der Waals surface area contributed by atoms with E-state index in [0.717, 1.165) is 36.1 Å². The van der Waals surface area contributed by atoms with Crippen molar-refractivity contribution in [2.45, 2.75) is 64.0 Å². The number of unbranched alkanes of at least 4 members (excludes halogenated alkanes) is 5. The van der Waals surface area contributed by atoms with Crippen LogP contribution in [0.3, 0.4) is 0 Å². The molecule has 3 rings (SSSR count). The molecule has 24 heavy (non-hydrogen) atoms. The van der Waals surface area contributed by atoms with Crippen LogP contribution in [0, 0.1) is 5.41 Å². The van der Waals surface area contributed by atoms with Crippen LogP contribution in [-0.4, -0.2) is 19.0 Å². The molecule has 0 amide bonds. The predicted molar refractivity (Wildman–Crippen MR) is 93.2 cm³/mol. The summed E-state index contributed by atoms with van der Waals surface area (Å²) >= 11 is 0. The topological polar surface area (TPSA) is 63.6 Å². The summed E-state index contributed by atoms with van der Waals surface area (Å²) in [7, 11) is 0. The SMILES string of the molecule is CCCCCCCCOc1cccc2c1C(=N)NC21CCCOO1. The van der Waals surface area contributed by atoms with E-state index in [-0.39, 0.29) is 0 Å². The second-order valence-electron chi connectivity index (χ2n) is 6.63. The van der Waals surface area contributed by atoms with E-state index in [0.29, 0.717) is 19.0 Å². The highest BCUT2D eigenvalue weighted by Gasteiger charge is 2.46. The molecule has 0 aromatic heterocycles. The number of ether oxygens (including phenoxy) is 1. The highest BCUT2D eigenvalue weighted by atomic mass is 17.2. The third-order valence-corrected chi connectivity index (χ3v) is 4.75. The zero-order valence-electron chi connectivity index (χ0n) is 14.5. The first kappa shape index (κ1) is 17.2. The first-order valence-corrected chi connectivity index (χ1v) is 9.21. The van der Waals surface area contributed by atoms with Gasteiger partial charge in [0.15, 0.2) is 0 Å². The average molecular weight is 332 g/mol. The highest BCUT2D eigenvalue weighted by Crippen LogP contribution is 2.41. The van der Waals surface area contributed by atoms with Gasteiger partial charge in [0.1, 0.15) is 11.6 Å². The molecule has 2 N–H and O–H groups in total. The summed E-state index contributed by atoms with van der Waals surface area (Å²) in [5, 5.41) is 11.5. The summed E-state index contributed by atoms with van der Waals surface area (Å²) in [5.41, 5.74) is 1.05. The van der Waals surface area contributed by atoms with Crippen LogP contribution >= 0.6 is 0 Å². The fraction of sp³-hybridized carbons (Fsp3) is 0.632. The van der Waals surface area contributed by atoms with Gasteiger partial charge in [-0.25, -0.2) is 9.78 Å². The first-order chi connectivity index (χ1) is 11.8. The van der Waals surface area contributed by atoms with E-state index in [1.807, 2.05) is 18.2 Å². The molecule has 2 aliphatic rings. The molecule has 0 bridgehead atoms. The van der Waals surface area contributed by atoms with Crippen molar-refractivity contribution in [1.82, 2.24) is 5.32 Å². The third-order valence-electron chi connectivity index (χ3n) is 4.75. The number of fused-ring (bicyclic) bond motifs is 2. The maximum absolute atomic E-state index is 8.30. The molecule has 1 atom stereocenters. The smallest absolute Gasteiger partial charge is 0.200 e. The van der Waals surface area contributed by atoms with Crippen molar-refractivity contribution < 1.29 is 14.5 Å². The van der Waals surface area contributed by atoms with Crippen molar-refractivity contribution in [3.8, 4) is 5.75 Å². The van der Waals surface area contributed by atoms with Gasteiger partial charge in [-0.15, -0.1) is 0 Å². The highest BCUT2D eigenvalue weighted by molar-refractivity contribution is 6.04. The molecular weight excluding hydrogens is 304 g/mol. The largest absolute Gasteiger partial charge is 0.493 e. The lowest BCUT2D eigenvalue weighted by Gasteiger charge is -2.32. The predicted octanol–water partition coefficient (Wildman–Crippen LogP) is 4.25. The van der Waals surface area contributed by atoms with E-state index in [1.165, 1.54) is 32.1 Å². The molecule has 1 aromatic carbocycles. The van der Waals surface area contributed by atoms with E-state index < -0.39 is 5.72 Å². The summed E-state index contributed by atoms with van der Waals surface area (Å²) in [5.74, 6) is 1.12. The molecule has 1 unspecified atom stereocenters. The summed E-state index contributed by atoms with van der Waals surface area (Å²) in [4.78, 5) is 10.7. The summed E-state index contributed by atoms with van der Waals surface area (Å²) in [6.07, 6.45) is 9.13. The van der Waals surface area contributed by atoms with Crippen LogP contribution in [0.5, 0.6) is 5.75 Å². The lowest BCUT2D eigenvalue weighted by atomic mass is 9.96. The molecule has 0 saturated carbocycles. The van der Waals surface area contributed by atoms with Crippen molar-refractivity contribution in [3.05, 3.63) is 29.3 Å². The number of nitrogens with one attached hydrogen (secondary N) is 2. The van der Waals surface area contributed by atoms with Gasteiger partial charge < -0.3 is 10.1 Å². The zero-order chi connectivity index (χ0) is 16.8. The molecule has 1 saturated heterocycles. The molecule has 2 aliphatic heterocycles. The quantitative estimate of drug-likeness (QED) is 0.552. The van der Waals surface area contributed by atoms with E-state index >= 15 is 0 Å². The minimum absolute atomic E-state index is 0.356. The summed E-state index contributed by atoms with van der Waals surface area (Å²) < 4.78 is 5.98. The molecule has 2 heterocycles. The van der Waals surface area contributed by atoms with Crippen LogP contribution in [-0.2, 0) is 15.5 Å². The number of amidine groups is 1.